The van der Waals surface area contributed by atoms with E-state index in [0.29, 0.717) is 21.2 Å². The number of carbonyl (C=O) groups is 2. The summed E-state index contributed by atoms with van der Waals surface area (Å²) in [6.07, 6.45) is 0. The van der Waals surface area contributed by atoms with Crippen molar-refractivity contribution >= 4 is 34.8 Å². The first-order valence-electron chi connectivity index (χ1n) is 8.26. The average Bonchev–Trinajstić information content (AvgIpc) is 3.02. The van der Waals surface area contributed by atoms with Crippen LogP contribution in [0.5, 0.6) is 0 Å². The van der Waals surface area contributed by atoms with Crippen LogP contribution in [-0.2, 0) is 0 Å². The molecule has 0 unspecified atom stereocenters. The van der Waals surface area contributed by atoms with E-state index in [1.54, 1.807) is 25.1 Å². The van der Waals surface area contributed by atoms with Gasteiger partial charge in [0.15, 0.2) is 0 Å². The summed E-state index contributed by atoms with van der Waals surface area (Å²) in [5.41, 5.74) is 8.85. The number of halogens is 1. The second-order valence-electron chi connectivity index (χ2n) is 6.17. The van der Waals surface area contributed by atoms with Gasteiger partial charge in [-0.15, -0.1) is 11.3 Å². The van der Waals surface area contributed by atoms with Crippen LogP contribution < -0.4 is 10.9 Å². The van der Waals surface area contributed by atoms with E-state index in [2.05, 4.69) is 15.8 Å². The summed E-state index contributed by atoms with van der Waals surface area (Å²) in [6, 6.07) is 12.8. The summed E-state index contributed by atoms with van der Waals surface area (Å²) < 4.78 is 0. The third-order valence-electron chi connectivity index (χ3n) is 4.01. The Balaban J connectivity index is 1.71. The van der Waals surface area contributed by atoms with Crippen LogP contribution in [0, 0.1) is 20.8 Å². The lowest BCUT2D eigenvalue weighted by atomic mass is 10.1. The highest BCUT2D eigenvalue weighted by molar-refractivity contribution is 7.17. The van der Waals surface area contributed by atoms with Crippen molar-refractivity contribution in [2.24, 2.45) is 0 Å². The third-order valence-corrected chi connectivity index (χ3v) is 5.47. The Morgan fingerprint density at radius 3 is 2.30 bits per heavy atom. The molecule has 138 valence electrons. The highest BCUT2D eigenvalue weighted by atomic mass is 35.5. The van der Waals surface area contributed by atoms with Crippen molar-refractivity contribution < 1.29 is 9.59 Å². The number of hydrogen-bond donors (Lipinski definition) is 2. The van der Waals surface area contributed by atoms with Crippen molar-refractivity contribution in [1.29, 1.82) is 0 Å². The SMILES string of the molecule is Cc1ccc(C(=O)NNC(=O)c2sc(-c3ccc(Cl)cc3)nc2C)c(C)c1. The van der Waals surface area contributed by atoms with E-state index in [0.717, 1.165) is 21.7 Å². The molecular formula is C20H18ClN3O2S. The minimum Gasteiger partial charge on any atom is -0.267 e. The molecule has 0 aliphatic heterocycles. The van der Waals surface area contributed by atoms with E-state index >= 15 is 0 Å². The topological polar surface area (TPSA) is 71.1 Å². The van der Waals surface area contributed by atoms with Gasteiger partial charge in [0.1, 0.15) is 9.88 Å². The number of amides is 2. The second kappa shape index (κ2) is 7.90. The molecule has 0 saturated heterocycles. The van der Waals surface area contributed by atoms with Gasteiger partial charge in [0.2, 0.25) is 0 Å². The Hall–Kier alpha value is -2.70. The molecule has 0 saturated carbocycles. The number of benzene rings is 2. The Labute approximate surface area is 166 Å². The van der Waals surface area contributed by atoms with E-state index < -0.39 is 5.91 Å². The van der Waals surface area contributed by atoms with E-state index in [1.165, 1.54) is 11.3 Å². The minimum atomic E-state index is -0.400. The fraction of sp³-hybridized carbons (Fsp3) is 0.150. The largest absolute Gasteiger partial charge is 0.281 e. The zero-order valence-corrected chi connectivity index (χ0v) is 16.7. The molecule has 0 atom stereocenters. The Kier molecular flexibility index (Phi) is 5.58. The van der Waals surface area contributed by atoms with Crippen LogP contribution in [0.3, 0.4) is 0 Å². The van der Waals surface area contributed by atoms with Gasteiger partial charge in [-0.1, -0.05) is 41.4 Å². The summed E-state index contributed by atoms with van der Waals surface area (Å²) in [7, 11) is 0. The minimum absolute atomic E-state index is 0.360. The van der Waals surface area contributed by atoms with Gasteiger partial charge in [0.05, 0.1) is 5.69 Å². The molecule has 3 rings (SSSR count). The molecule has 2 aromatic carbocycles. The molecule has 0 aliphatic rings. The van der Waals surface area contributed by atoms with E-state index in [1.807, 2.05) is 38.1 Å². The lowest BCUT2D eigenvalue weighted by Crippen LogP contribution is -2.41. The van der Waals surface area contributed by atoms with Gasteiger partial charge in [0, 0.05) is 16.1 Å². The molecule has 2 amide bonds. The number of aromatic nitrogens is 1. The van der Waals surface area contributed by atoms with Crippen LogP contribution in [0.4, 0.5) is 0 Å². The van der Waals surface area contributed by atoms with Crippen LogP contribution in [0.2, 0.25) is 5.02 Å². The Morgan fingerprint density at radius 2 is 1.63 bits per heavy atom. The lowest BCUT2D eigenvalue weighted by Gasteiger charge is -2.09. The monoisotopic (exact) mass is 399 g/mol. The molecule has 0 fully saturated rings. The highest BCUT2D eigenvalue weighted by Crippen LogP contribution is 2.28. The molecule has 0 bridgehead atoms. The van der Waals surface area contributed by atoms with Crippen molar-refractivity contribution in [2.75, 3.05) is 0 Å². The first-order valence-corrected chi connectivity index (χ1v) is 9.46. The van der Waals surface area contributed by atoms with Gasteiger partial charge >= 0.3 is 0 Å². The first kappa shape index (κ1) is 19.1. The molecule has 7 heteroatoms. The Morgan fingerprint density at radius 1 is 0.963 bits per heavy atom. The van der Waals surface area contributed by atoms with E-state index in [9.17, 15) is 9.59 Å². The summed E-state index contributed by atoms with van der Waals surface area (Å²) in [6.45, 7) is 5.58. The number of rotatable bonds is 3. The van der Waals surface area contributed by atoms with Gasteiger partial charge in [-0.05, 0) is 44.5 Å². The fourth-order valence-electron chi connectivity index (χ4n) is 2.63. The quantitative estimate of drug-likeness (QED) is 0.638. The summed E-state index contributed by atoms with van der Waals surface area (Å²) >= 11 is 7.17. The molecule has 2 N–H and O–H groups in total. The zero-order valence-electron chi connectivity index (χ0n) is 15.1. The smallest absolute Gasteiger partial charge is 0.267 e. The average molecular weight is 400 g/mol. The predicted molar refractivity (Wildman–Crippen MR) is 108 cm³/mol. The standard InChI is InChI=1S/C20H18ClN3O2S/c1-11-4-9-16(12(2)10-11)18(25)23-24-19(26)17-13(3)22-20(27-17)14-5-7-15(21)8-6-14/h4-10H,1-3H3,(H,23,25)(H,24,26). The molecule has 0 aliphatic carbocycles. The van der Waals surface area contributed by atoms with E-state index in [-0.39, 0.29) is 5.91 Å². The van der Waals surface area contributed by atoms with Gasteiger partial charge in [-0.25, -0.2) is 4.98 Å². The van der Waals surface area contributed by atoms with Crippen molar-refractivity contribution in [1.82, 2.24) is 15.8 Å². The van der Waals surface area contributed by atoms with Gasteiger partial charge in [0.25, 0.3) is 11.8 Å². The van der Waals surface area contributed by atoms with Crippen LogP contribution in [0.1, 0.15) is 36.9 Å². The van der Waals surface area contributed by atoms with Gasteiger partial charge in [-0.3, -0.25) is 20.4 Å². The summed E-state index contributed by atoms with van der Waals surface area (Å²) in [5, 5.41) is 1.36. The van der Waals surface area contributed by atoms with Crippen molar-refractivity contribution in [3.8, 4) is 10.6 Å². The second-order valence-corrected chi connectivity index (χ2v) is 7.60. The van der Waals surface area contributed by atoms with Crippen molar-refractivity contribution in [3.63, 3.8) is 0 Å². The molecule has 27 heavy (non-hydrogen) atoms. The number of hydrogen-bond acceptors (Lipinski definition) is 4. The first-order chi connectivity index (χ1) is 12.8. The highest BCUT2D eigenvalue weighted by Gasteiger charge is 2.17. The predicted octanol–water partition coefficient (Wildman–Crippen LogP) is 4.46. The number of nitrogens with zero attached hydrogens (tertiary/aromatic N) is 1. The van der Waals surface area contributed by atoms with Crippen LogP contribution >= 0.6 is 22.9 Å². The number of nitrogens with one attached hydrogen (secondary N) is 2. The molecule has 3 aromatic rings. The summed E-state index contributed by atoms with van der Waals surface area (Å²) in [5.74, 6) is -0.760. The van der Waals surface area contributed by atoms with Crippen LogP contribution in [-0.4, -0.2) is 16.8 Å². The zero-order chi connectivity index (χ0) is 19.6. The van der Waals surface area contributed by atoms with Gasteiger partial charge < -0.3 is 0 Å². The molecular weight excluding hydrogens is 382 g/mol. The van der Waals surface area contributed by atoms with Crippen molar-refractivity contribution in [2.45, 2.75) is 20.8 Å². The fourth-order valence-corrected chi connectivity index (χ4v) is 3.72. The van der Waals surface area contributed by atoms with Crippen LogP contribution in [0.15, 0.2) is 42.5 Å². The molecule has 0 radical (unpaired) electrons. The lowest BCUT2D eigenvalue weighted by molar-refractivity contribution is 0.0848. The van der Waals surface area contributed by atoms with Crippen molar-refractivity contribution in [3.05, 3.63) is 74.7 Å². The maximum absolute atomic E-state index is 12.5. The molecule has 1 aromatic heterocycles. The Bertz CT molecular complexity index is 1010. The number of thiazole rings is 1. The van der Waals surface area contributed by atoms with Gasteiger partial charge in [-0.2, -0.15) is 0 Å². The maximum Gasteiger partial charge on any atom is 0.281 e. The number of hydrazine groups is 1. The maximum atomic E-state index is 12.5. The molecule has 1 heterocycles. The van der Waals surface area contributed by atoms with E-state index in [4.69, 9.17) is 11.6 Å². The summed E-state index contributed by atoms with van der Waals surface area (Å²) in [4.78, 5) is 29.7. The molecule has 0 spiro atoms. The normalized spacial score (nSPS) is 10.5. The molecule has 5 nitrogen and oxygen atoms in total. The van der Waals surface area contributed by atoms with Crippen LogP contribution in [0.25, 0.3) is 10.6 Å². The number of aryl methyl sites for hydroxylation is 3. The number of carbonyl (C=O) groups excluding carboxylic acids is 2. The third kappa shape index (κ3) is 4.35.